The Morgan fingerprint density at radius 2 is 1.89 bits per heavy atom. The van der Waals surface area contributed by atoms with E-state index in [-0.39, 0.29) is 0 Å². The summed E-state index contributed by atoms with van der Waals surface area (Å²) in [5, 5.41) is 18.4. The number of hydrogen-bond acceptors (Lipinski definition) is 4. The highest BCUT2D eigenvalue weighted by molar-refractivity contribution is 6.16. The second-order valence-electron chi connectivity index (χ2n) is 6.28. The summed E-state index contributed by atoms with van der Waals surface area (Å²) in [5.74, 6) is -1.10. The van der Waals surface area contributed by atoms with Gasteiger partial charge >= 0.3 is 12.0 Å². The maximum absolute atomic E-state index is 12.1. The predicted molar refractivity (Wildman–Crippen MR) is 105 cm³/mol. The zero-order valence-corrected chi connectivity index (χ0v) is 15.0. The van der Waals surface area contributed by atoms with Crippen LogP contribution in [-0.4, -0.2) is 28.9 Å². The molecule has 0 aromatic heterocycles. The van der Waals surface area contributed by atoms with E-state index in [1.165, 1.54) is 6.92 Å². The molecule has 3 rings (SSSR count). The molecule has 0 saturated carbocycles. The van der Waals surface area contributed by atoms with E-state index in [1.807, 2.05) is 49.4 Å². The number of fused-ring (bicyclic) bond motifs is 1. The molecule has 0 unspecified atom stereocenters. The standard InChI is InChI=1S/C20H20N4O3/c1-11-8-9-14(10-17(11)22-20(27)21-13(3)19(25)26)18-16-7-5-4-6-15(16)12(2)23-24-18/h4-10,13,23H,2H2,1,3H3,(H,25,26)(H2,21,22,27)/t13-/m0/s1. The molecule has 4 N–H and O–H groups in total. The van der Waals surface area contributed by atoms with Crippen molar-refractivity contribution >= 4 is 29.1 Å². The monoisotopic (exact) mass is 364 g/mol. The molecule has 7 nitrogen and oxygen atoms in total. The van der Waals surface area contributed by atoms with Crippen molar-refractivity contribution in [3.8, 4) is 0 Å². The molecule has 0 bridgehead atoms. The minimum absolute atomic E-state index is 0.576. The Bertz CT molecular complexity index is 965. The highest BCUT2D eigenvalue weighted by Crippen LogP contribution is 2.26. The lowest BCUT2D eigenvalue weighted by Crippen LogP contribution is -2.41. The van der Waals surface area contributed by atoms with E-state index in [0.29, 0.717) is 5.69 Å². The van der Waals surface area contributed by atoms with Crippen molar-refractivity contribution in [2.24, 2.45) is 5.10 Å². The number of aryl methyl sites for hydroxylation is 1. The van der Waals surface area contributed by atoms with E-state index in [2.05, 4.69) is 27.7 Å². The van der Waals surface area contributed by atoms with E-state index >= 15 is 0 Å². The van der Waals surface area contributed by atoms with Gasteiger partial charge in [0.2, 0.25) is 0 Å². The molecule has 1 aliphatic heterocycles. The number of rotatable bonds is 4. The van der Waals surface area contributed by atoms with Crippen LogP contribution in [0, 0.1) is 6.92 Å². The molecule has 138 valence electrons. The number of benzene rings is 2. The summed E-state index contributed by atoms with van der Waals surface area (Å²) in [5.41, 5.74) is 8.53. The molecule has 0 fully saturated rings. The zero-order valence-electron chi connectivity index (χ0n) is 15.0. The first-order valence-electron chi connectivity index (χ1n) is 8.40. The molecule has 0 saturated heterocycles. The van der Waals surface area contributed by atoms with Crippen LogP contribution in [0.25, 0.3) is 5.70 Å². The van der Waals surface area contributed by atoms with Gasteiger partial charge in [0.05, 0.1) is 11.4 Å². The molecular formula is C20H20N4O3. The number of carbonyl (C=O) groups is 2. The number of carboxylic acids is 1. The molecule has 2 aromatic rings. The Labute approximate surface area is 156 Å². The molecule has 1 heterocycles. The largest absolute Gasteiger partial charge is 0.480 e. The van der Waals surface area contributed by atoms with Gasteiger partial charge in [-0.2, -0.15) is 5.10 Å². The lowest BCUT2D eigenvalue weighted by molar-refractivity contribution is -0.138. The Balaban J connectivity index is 1.89. The van der Waals surface area contributed by atoms with Crippen LogP contribution in [0.3, 0.4) is 0 Å². The second-order valence-corrected chi connectivity index (χ2v) is 6.28. The lowest BCUT2D eigenvalue weighted by atomic mass is 9.94. The fraction of sp³-hybridized carbons (Fsp3) is 0.150. The maximum Gasteiger partial charge on any atom is 0.325 e. The third-order valence-electron chi connectivity index (χ3n) is 4.29. The first kappa shape index (κ1) is 18.2. The van der Waals surface area contributed by atoms with Crippen molar-refractivity contribution in [2.75, 3.05) is 5.32 Å². The first-order valence-corrected chi connectivity index (χ1v) is 8.40. The van der Waals surface area contributed by atoms with Gasteiger partial charge < -0.3 is 15.7 Å². The molecule has 2 amide bonds. The van der Waals surface area contributed by atoms with Crippen LogP contribution >= 0.6 is 0 Å². The van der Waals surface area contributed by atoms with Gasteiger partial charge in [0.25, 0.3) is 0 Å². The van der Waals surface area contributed by atoms with Crippen LogP contribution in [0.15, 0.2) is 54.1 Å². The van der Waals surface area contributed by atoms with Crippen LogP contribution in [0.1, 0.15) is 29.2 Å². The number of amides is 2. The Hall–Kier alpha value is -3.61. The summed E-state index contributed by atoms with van der Waals surface area (Å²) in [6.45, 7) is 7.22. The summed E-state index contributed by atoms with van der Waals surface area (Å²) in [4.78, 5) is 23.0. The smallest absolute Gasteiger partial charge is 0.325 e. The highest BCUT2D eigenvalue weighted by Gasteiger charge is 2.19. The van der Waals surface area contributed by atoms with Crippen LogP contribution in [0.5, 0.6) is 0 Å². The molecule has 0 spiro atoms. The zero-order chi connectivity index (χ0) is 19.6. The summed E-state index contributed by atoms with van der Waals surface area (Å²) in [7, 11) is 0. The summed E-state index contributed by atoms with van der Waals surface area (Å²) in [6.07, 6.45) is 0. The van der Waals surface area contributed by atoms with Gasteiger partial charge in [-0.3, -0.25) is 10.2 Å². The molecule has 27 heavy (non-hydrogen) atoms. The Morgan fingerprint density at radius 1 is 1.19 bits per heavy atom. The number of carboxylic acid groups (broad SMARTS) is 1. The minimum Gasteiger partial charge on any atom is -0.480 e. The summed E-state index contributed by atoms with van der Waals surface area (Å²) < 4.78 is 0. The molecule has 1 aliphatic rings. The average molecular weight is 364 g/mol. The number of hydrazone groups is 1. The number of aliphatic carboxylic acids is 1. The predicted octanol–water partition coefficient (Wildman–Crippen LogP) is 2.92. The Morgan fingerprint density at radius 3 is 2.59 bits per heavy atom. The quantitative estimate of drug-likeness (QED) is 0.670. The third kappa shape index (κ3) is 3.82. The fourth-order valence-corrected chi connectivity index (χ4v) is 2.74. The van der Waals surface area contributed by atoms with Crippen molar-refractivity contribution in [3.05, 3.63) is 71.3 Å². The van der Waals surface area contributed by atoms with Gasteiger partial charge in [0.1, 0.15) is 6.04 Å². The highest BCUT2D eigenvalue weighted by atomic mass is 16.4. The van der Waals surface area contributed by atoms with Crippen molar-refractivity contribution in [3.63, 3.8) is 0 Å². The van der Waals surface area contributed by atoms with Crippen LogP contribution < -0.4 is 16.1 Å². The third-order valence-corrected chi connectivity index (χ3v) is 4.29. The van der Waals surface area contributed by atoms with Crippen molar-refractivity contribution in [1.82, 2.24) is 10.7 Å². The van der Waals surface area contributed by atoms with Gasteiger partial charge in [0, 0.05) is 22.4 Å². The molecule has 0 radical (unpaired) electrons. The van der Waals surface area contributed by atoms with Gasteiger partial charge in [-0.25, -0.2) is 4.79 Å². The Kier molecular flexibility index (Phi) is 4.94. The number of hydrogen-bond donors (Lipinski definition) is 4. The number of nitrogens with one attached hydrogen (secondary N) is 3. The minimum atomic E-state index is -1.10. The van der Waals surface area contributed by atoms with Gasteiger partial charge in [-0.15, -0.1) is 0 Å². The van der Waals surface area contributed by atoms with Gasteiger partial charge in [-0.05, 0) is 25.5 Å². The first-order chi connectivity index (χ1) is 12.9. The number of carbonyl (C=O) groups excluding carboxylic acids is 1. The number of anilines is 1. The number of nitrogens with zero attached hydrogens (tertiary/aromatic N) is 1. The van der Waals surface area contributed by atoms with E-state index in [4.69, 9.17) is 5.11 Å². The van der Waals surface area contributed by atoms with E-state index in [1.54, 1.807) is 0 Å². The lowest BCUT2D eigenvalue weighted by Gasteiger charge is -2.20. The van der Waals surface area contributed by atoms with Crippen molar-refractivity contribution in [2.45, 2.75) is 19.9 Å². The van der Waals surface area contributed by atoms with Crippen LogP contribution in [0.2, 0.25) is 0 Å². The summed E-state index contributed by atoms with van der Waals surface area (Å²) >= 11 is 0. The molecular weight excluding hydrogens is 344 g/mol. The van der Waals surface area contributed by atoms with E-state index in [0.717, 1.165) is 33.7 Å². The molecule has 2 aromatic carbocycles. The molecule has 1 atom stereocenters. The van der Waals surface area contributed by atoms with Crippen LogP contribution in [0.4, 0.5) is 10.5 Å². The van der Waals surface area contributed by atoms with E-state index < -0.39 is 18.0 Å². The van der Waals surface area contributed by atoms with Gasteiger partial charge in [-0.1, -0.05) is 43.0 Å². The fourth-order valence-electron chi connectivity index (χ4n) is 2.74. The van der Waals surface area contributed by atoms with E-state index in [9.17, 15) is 9.59 Å². The normalized spacial score (nSPS) is 13.7. The van der Waals surface area contributed by atoms with Crippen molar-refractivity contribution < 1.29 is 14.7 Å². The summed E-state index contributed by atoms with van der Waals surface area (Å²) in [6, 6.07) is 11.8. The number of urea groups is 1. The SMILES string of the molecule is C=C1NN=C(c2ccc(C)c(NC(=O)N[C@@H](C)C(=O)O)c2)c2ccccc21. The van der Waals surface area contributed by atoms with Crippen LogP contribution in [-0.2, 0) is 4.79 Å². The second kappa shape index (κ2) is 7.33. The molecule has 0 aliphatic carbocycles. The van der Waals surface area contributed by atoms with Gasteiger partial charge in [0.15, 0.2) is 0 Å². The van der Waals surface area contributed by atoms with Crippen molar-refractivity contribution in [1.29, 1.82) is 0 Å². The maximum atomic E-state index is 12.1. The molecule has 7 heteroatoms. The topological polar surface area (TPSA) is 103 Å². The average Bonchev–Trinajstić information content (AvgIpc) is 2.64.